The summed E-state index contributed by atoms with van der Waals surface area (Å²) in [6.45, 7) is 2.10. The number of amides is 2. The number of carbonyl (C=O) groups excluding carboxylic acids is 1. The van der Waals surface area contributed by atoms with Crippen LogP contribution in [0.25, 0.3) is 0 Å². The van der Waals surface area contributed by atoms with Gasteiger partial charge in [0.15, 0.2) is 0 Å². The van der Waals surface area contributed by atoms with Crippen molar-refractivity contribution in [2.75, 3.05) is 6.54 Å². The molecule has 3 N–H and O–H groups in total. The summed E-state index contributed by atoms with van der Waals surface area (Å²) in [4.78, 5) is 11.7. The Morgan fingerprint density at radius 3 is 2.60 bits per heavy atom. The van der Waals surface area contributed by atoms with Crippen molar-refractivity contribution in [1.29, 1.82) is 0 Å². The summed E-state index contributed by atoms with van der Waals surface area (Å²) in [7, 11) is 0. The average molecular weight is 274 g/mol. The third-order valence-corrected chi connectivity index (χ3v) is 2.94. The molecule has 0 fully saturated rings. The molecule has 2 amide bonds. The molecule has 1 aromatic heterocycles. The van der Waals surface area contributed by atoms with Gasteiger partial charge in [0.1, 0.15) is 11.4 Å². The van der Waals surface area contributed by atoms with Crippen molar-refractivity contribution in [3.05, 3.63) is 60.1 Å². The fourth-order valence-electron chi connectivity index (χ4n) is 1.77. The maximum Gasteiger partial charge on any atom is 0.315 e. The predicted molar refractivity (Wildman–Crippen MR) is 75.0 cm³/mol. The molecule has 0 aliphatic carbocycles. The molecule has 2 rings (SSSR count). The van der Waals surface area contributed by atoms with Crippen LogP contribution in [0.5, 0.6) is 0 Å². The van der Waals surface area contributed by atoms with Crippen molar-refractivity contribution >= 4 is 6.03 Å². The van der Waals surface area contributed by atoms with E-state index in [4.69, 9.17) is 4.42 Å². The van der Waals surface area contributed by atoms with Crippen LogP contribution in [0.2, 0.25) is 0 Å². The van der Waals surface area contributed by atoms with E-state index in [9.17, 15) is 9.90 Å². The highest BCUT2D eigenvalue weighted by molar-refractivity contribution is 5.73. The Labute approximate surface area is 117 Å². The second-order valence-electron chi connectivity index (χ2n) is 4.77. The van der Waals surface area contributed by atoms with Gasteiger partial charge in [0.05, 0.1) is 12.8 Å². The van der Waals surface area contributed by atoms with Gasteiger partial charge in [0.25, 0.3) is 0 Å². The summed E-state index contributed by atoms with van der Waals surface area (Å²) in [6.07, 6.45) is 1.49. The summed E-state index contributed by atoms with van der Waals surface area (Å²) < 4.78 is 5.14. The summed E-state index contributed by atoms with van der Waals surface area (Å²) in [5.41, 5.74) is -0.214. The molecule has 0 aliphatic rings. The molecule has 5 nitrogen and oxygen atoms in total. The lowest BCUT2D eigenvalue weighted by molar-refractivity contribution is 0.0367. The molecule has 0 saturated carbocycles. The molecule has 0 bridgehead atoms. The lowest BCUT2D eigenvalue weighted by Gasteiger charge is -2.21. The van der Waals surface area contributed by atoms with E-state index in [1.54, 1.807) is 19.1 Å². The van der Waals surface area contributed by atoms with Gasteiger partial charge in [-0.3, -0.25) is 0 Å². The van der Waals surface area contributed by atoms with E-state index in [2.05, 4.69) is 10.6 Å². The van der Waals surface area contributed by atoms with Crippen molar-refractivity contribution in [2.45, 2.75) is 19.1 Å². The Morgan fingerprint density at radius 2 is 1.95 bits per heavy atom. The van der Waals surface area contributed by atoms with Gasteiger partial charge in [-0.15, -0.1) is 0 Å². The first-order chi connectivity index (χ1) is 9.58. The molecular weight excluding hydrogens is 256 g/mol. The van der Waals surface area contributed by atoms with Gasteiger partial charge in [-0.1, -0.05) is 30.3 Å². The van der Waals surface area contributed by atoms with Gasteiger partial charge < -0.3 is 20.2 Å². The van der Waals surface area contributed by atoms with Gasteiger partial charge in [0, 0.05) is 6.54 Å². The van der Waals surface area contributed by atoms with Crippen LogP contribution in [0, 0.1) is 0 Å². The van der Waals surface area contributed by atoms with E-state index in [1.165, 1.54) is 6.26 Å². The van der Waals surface area contributed by atoms with Crippen LogP contribution in [0.4, 0.5) is 4.79 Å². The highest BCUT2D eigenvalue weighted by atomic mass is 16.4. The minimum Gasteiger partial charge on any atom is -0.466 e. The molecule has 1 heterocycles. The van der Waals surface area contributed by atoms with Crippen LogP contribution in [-0.2, 0) is 12.1 Å². The first-order valence-electron chi connectivity index (χ1n) is 6.40. The van der Waals surface area contributed by atoms with E-state index in [0.29, 0.717) is 12.3 Å². The van der Waals surface area contributed by atoms with Crippen LogP contribution < -0.4 is 10.6 Å². The Kier molecular flexibility index (Phi) is 4.42. The van der Waals surface area contributed by atoms with E-state index in [0.717, 1.165) is 5.56 Å². The molecule has 1 aromatic carbocycles. The van der Waals surface area contributed by atoms with Crippen LogP contribution in [0.15, 0.2) is 53.1 Å². The second kappa shape index (κ2) is 6.25. The Balaban J connectivity index is 1.78. The fraction of sp³-hybridized carbons (Fsp3) is 0.267. The standard InChI is InChI=1S/C15H18N2O3/c1-15(19,13-8-5-9-20-13)11-17-14(18)16-10-12-6-3-2-4-7-12/h2-9,19H,10-11H2,1H3,(H2,16,17,18). The second-order valence-corrected chi connectivity index (χ2v) is 4.77. The zero-order valence-corrected chi connectivity index (χ0v) is 11.3. The third-order valence-electron chi connectivity index (χ3n) is 2.94. The zero-order chi connectivity index (χ0) is 14.4. The SMILES string of the molecule is CC(O)(CNC(=O)NCc1ccccc1)c1ccco1. The molecule has 0 radical (unpaired) electrons. The lowest BCUT2D eigenvalue weighted by Crippen LogP contribution is -2.43. The normalized spacial score (nSPS) is 13.5. The minimum absolute atomic E-state index is 0.0706. The van der Waals surface area contributed by atoms with Crippen molar-refractivity contribution in [1.82, 2.24) is 10.6 Å². The largest absolute Gasteiger partial charge is 0.466 e. The molecule has 20 heavy (non-hydrogen) atoms. The first kappa shape index (κ1) is 14.1. The fourth-order valence-corrected chi connectivity index (χ4v) is 1.77. The number of hydrogen-bond acceptors (Lipinski definition) is 3. The number of carbonyl (C=O) groups is 1. The summed E-state index contributed by atoms with van der Waals surface area (Å²) in [6, 6.07) is 12.6. The molecule has 106 valence electrons. The Morgan fingerprint density at radius 1 is 1.20 bits per heavy atom. The molecule has 0 saturated heterocycles. The Bertz CT molecular complexity index is 536. The zero-order valence-electron chi connectivity index (χ0n) is 11.3. The predicted octanol–water partition coefficient (Wildman–Crippen LogP) is 1.99. The van der Waals surface area contributed by atoms with Crippen molar-refractivity contribution in [3.63, 3.8) is 0 Å². The molecular formula is C15H18N2O3. The van der Waals surface area contributed by atoms with Crippen LogP contribution in [-0.4, -0.2) is 17.7 Å². The number of rotatable bonds is 5. The molecule has 0 spiro atoms. The highest BCUT2D eigenvalue weighted by Crippen LogP contribution is 2.19. The van der Waals surface area contributed by atoms with Crippen molar-refractivity contribution in [3.8, 4) is 0 Å². The first-order valence-corrected chi connectivity index (χ1v) is 6.40. The van der Waals surface area contributed by atoms with Crippen LogP contribution in [0.3, 0.4) is 0 Å². The highest BCUT2D eigenvalue weighted by Gasteiger charge is 2.26. The monoisotopic (exact) mass is 274 g/mol. The smallest absolute Gasteiger partial charge is 0.315 e. The quantitative estimate of drug-likeness (QED) is 0.780. The summed E-state index contributed by atoms with van der Waals surface area (Å²) in [5.74, 6) is 0.417. The molecule has 1 unspecified atom stereocenters. The number of aliphatic hydroxyl groups is 1. The van der Waals surface area contributed by atoms with Gasteiger partial charge in [-0.25, -0.2) is 4.79 Å². The van der Waals surface area contributed by atoms with Gasteiger partial charge >= 0.3 is 6.03 Å². The van der Waals surface area contributed by atoms with Crippen LogP contribution >= 0.6 is 0 Å². The van der Waals surface area contributed by atoms with Crippen LogP contribution in [0.1, 0.15) is 18.2 Å². The lowest BCUT2D eigenvalue weighted by atomic mass is 10.0. The average Bonchev–Trinajstić information content (AvgIpc) is 2.99. The summed E-state index contributed by atoms with van der Waals surface area (Å²) >= 11 is 0. The maximum absolute atomic E-state index is 11.7. The topological polar surface area (TPSA) is 74.5 Å². The minimum atomic E-state index is -1.23. The van der Waals surface area contributed by atoms with Crippen molar-refractivity contribution < 1.29 is 14.3 Å². The number of benzene rings is 1. The number of furan rings is 1. The molecule has 2 aromatic rings. The molecule has 1 atom stereocenters. The van der Waals surface area contributed by atoms with Gasteiger partial charge in [-0.05, 0) is 24.6 Å². The van der Waals surface area contributed by atoms with E-state index in [-0.39, 0.29) is 12.6 Å². The maximum atomic E-state index is 11.7. The molecule has 5 heteroatoms. The van der Waals surface area contributed by atoms with Crippen molar-refractivity contribution in [2.24, 2.45) is 0 Å². The number of hydrogen-bond donors (Lipinski definition) is 3. The summed E-state index contributed by atoms with van der Waals surface area (Å²) in [5, 5.41) is 15.5. The van der Waals surface area contributed by atoms with E-state index < -0.39 is 5.60 Å². The Hall–Kier alpha value is -2.27. The van der Waals surface area contributed by atoms with E-state index >= 15 is 0 Å². The third kappa shape index (κ3) is 3.86. The number of urea groups is 1. The molecule has 0 aliphatic heterocycles. The van der Waals surface area contributed by atoms with E-state index in [1.807, 2.05) is 30.3 Å². The van der Waals surface area contributed by atoms with Gasteiger partial charge in [0.2, 0.25) is 0 Å². The van der Waals surface area contributed by atoms with Gasteiger partial charge in [-0.2, -0.15) is 0 Å². The number of nitrogens with one attached hydrogen (secondary N) is 2.